The summed E-state index contributed by atoms with van der Waals surface area (Å²) < 4.78 is 2.17. The van der Waals surface area contributed by atoms with Crippen LogP contribution in [0.3, 0.4) is 0 Å². The zero-order valence-electron chi connectivity index (χ0n) is 19.3. The summed E-state index contributed by atoms with van der Waals surface area (Å²) in [6.07, 6.45) is 15.6. The SMILES string of the molecule is O=C(NC1CCCCC1)NC12CCC(C(=O)CC3c4ccccc4-c4cncn43)(CC1)CC2. The number of benzene rings is 1. The van der Waals surface area contributed by atoms with E-state index in [9.17, 15) is 9.59 Å². The van der Waals surface area contributed by atoms with Gasteiger partial charge < -0.3 is 15.2 Å². The van der Waals surface area contributed by atoms with Crippen LogP contribution in [0.15, 0.2) is 36.8 Å². The number of ketones is 1. The first-order chi connectivity index (χ1) is 16.1. The molecule has 4 saturated carbocycles. The van der Waals surface area contributed by atoms with Crippen molar-refractivity contribution < 1.29 is 9.59 Å². The highest BCUT2D eigenvalue weighted by molar-refractivity contribution is 5.87. The molecule has 1 atom stereocenters. The summed E-state index contributed by atoms with van der Waals surface area (Å²) in [5, 5.41) is 6.56. The predicted molar refractivity (Wildman–Crippen MR) is 127 cm³/mol. The molecule has 2 bridgehead atoms. The summed E-state index contributed by atoms with van der Waals surface area (Å²) in [5.41, 5.74) is 3.20. The monoisotopic (exact) mass is 446 g/mol. The van der Waals surface area contributed by atoms with Gasteiger partial charge in [0.15, 0.2) is 0 Å². The highest BCUT2D eigenvalue weighted by atomic mass is 16.2. The van der Waals surface area contributed by atoms with Crippen LogP contribution in [-0.2, 0) is 4.79 Å². The van der Waals surface area contributed by atoms with Gasteiger partial charge in [-0.25, -0.2) is 9.78 Å². The van der Waals surface area contributed by atoms with E-state index in [-0.39, 0.29) is 23.0 Å². The smallest absolute Gasteiger partial charge is 0.315 e. The van der Waals surface area contributed by atoms with Crippen LogP contribution in [0.5, 0.6) is 0 Å². The molecule has 2 aromatic rings. The summed E-state index contributed by atoms with van der Waals surface area (Å²) in [6.45, 7) is 0. The van der Waals surface area contributed by atoms with Crippen LogP contribution in [0.2, 0.25) is 0 Å². The fraction of sp³-hybridized carbons (Fsp3) is 0.593. The molecular formula is C27H34N4O2. The van der Waals surface area contributed by atoms with Crippen LogP contribution < -0.4 is 10.6 Å². The van der Waals surface area contributed by atoms with Crippen LogP contribution in [-0.4, -0.2) is 32.9 Å². The first kappa shape index (κ1) is 20.9. The Morgan fingerprint density at radius 2 is 1.73 bits per heavy atom. The van der Waals surface area contributed by atoms with Crippen LogP contribution in [0, 0.1) is 5.41 Å². The lowest BCUT2D eigenvalue weighted by Crippen LogP contribution is -2.60. The van der Waals surface area contributed by atoms with E-state index < -0.39 is 0 Å². The van der Waals surface area contributed by atoms with Crippen molar-refractivity contribution in [2.45, 2.75) is 94.7 Å². The normalized spacial score (nSPS) is 30.5. The van der Waals surface area contributed by atoms with Crippen molar-refractivity contribution in [1.82, 2.24) is 20.2 Å². The van der Waals surface area contributed by atoms with Crippen LogP contribution >= 0.6 is 0 Å². The molecule has 1 unspecified atom stereocenters. The standard InChI is InChI=1S/C27H34N4O2/c32-24(16-22-20-8-4-5-9-21(20)23-17-28-18-31(22)23)26-10-13-27(14-11-26,15-12-26)30-25(33)29-19-6-2-1-3-7-19/h4-5,8-9,17-19,22H,1-3,6-7,10-16H2,(H2,29,30,33). The molecule has 1 aromatic carbocycles. The number of Topliss-reactive ketones (excluding diaryl/α,β-unsaturated/α-hetero) is 1. The van der Waals surface area contributed by atoms with E-state index in [1.165, 1.54) is 30.4 Å². The Kier molecular flexibility index (Phi) is 5.07. The van der Waals surface area contributed by atoms with Crippen molar-refractivity contribution in [3.05, 3.63) is 42.4 Å². The minimum absolute atomic E-state index is 0.00201. The molecule has 7 rings (SSSR count). The molecule has 0 radical (unpaired) electrons. The zero-order valence-corrected chi connectivity index (χ0v) is 19.3. The summed E-state index contributed by atoms with van der Waals surface area (Å²) in [4.78, 5) is 30.8. The molecule has 2 amide bonds. The second-order valence-electron chi connectivity index (χ2n) is 10.9. The van der Waals surface area contributed by atoms with Crippen molar-refractivity contribution in [3.63, 3.8) is 0 Å². The Bertz CT molecular complexity index is 1040. The van der Waals surface area contributed by atoms with Crippen molar-refractivity contribution in [1.29, 1.82) is 0 Å². The molecule has 2 N–H and O–H groups in total. The van der Waals surface area contributed by atoms with Gasteiger partial charge in [-0.05, 0) is 56.9 Å². The third-order valence-electron chi connectivity index (χ3n) is 9.13. The lowest BCUT2D eigenvalue weighted by Gasteiger charge is -2.53. The Morgan fingerprint density at radius 3 is 2.48 bits per heavy atom. The Labute approximate surface area is 195 Å². The van der Waals surface area contributed by atoms with Crippen molar-refractivity contribution in [2.75, 3.05) is 0 Å². The number of hydrogen-bond donors (Lipinski definition) is 2. The fourth-order valence-electron chi connectivity index (χ4n) is 7.03. The van der Waals surface area contributed by atoms with Gasteiger partial charge in [-0.3, -0.25) is 4.79 Å². The van der Waals surface area contributed by atoms with E-state index in [1.807, 2.05) is 12.5 Å². The van der Waals surface area contributed by atoms with Crippen LogP contribution in [0.4, 0.5) is 4.79 Å². The Morgan fingerprint density at radius 1 is 1.00 bits per heavy atom. The molecule has 2 heterocycles. The maximum absolute atomic E-state index is 13.7. The highest BCUT2D eigenvalue weighted by Crippen LogP contribution is 2.54. The Balaban J connectivity index is 1.11. The van der Waals surface area contributed by atoms with Gasteiger partial charge in [0.25, 0.3) is 0 Å². The van der Waals surface area contributed by atoms with E-state index in [2.05, 4.69) is 44.5 Å². The zero-order chi connectivity index (χ0) is 22.5. The van der Waals surface area contributed by atoms with Crippen molar-refractivity contribution in [2.24, 2.45) is 5.41 Å². The summed E-state index contributed by atoms with van der Waals surface area (Å²) in [7, 11) is 0. The second-order valence-corrected chi connectivity index (χ2v) is 10.9. The molecule has 1 aliphatic heterocycles. The molecular weight excluding hydrogens is 412 g/mol. The minimum atomic E-state index is -0.221. The number of amides is 2. The largest absolute Gasteiger partial charge is 0.335 e. The molecule has 6 heteroatoms. The Hall–Kier alpha value is -2.63. The number of rotatable bonds is 5. The van der Waals surface area contributed by atoms with Gasteiger partial charge in [0.05, 0.1) is 24.3 Å². The molecule has 6 nitrogen and oxygen atoms in total. The number of carbonyl (C=O) groups is 2. The first-order valence-corrected chi connectivity index (χ1v) is 12.8. The molecule has 4 fully saturated rings. The van der Waals surface area contributed by atoms with Crippen LogP contribution in [0.25, 0.3) is 11.3 Å². The number of nitrogens with zero attached hydrogens (tertiary/aromatic N) is 2. The average Bonchev–Trinajstić information content (AvgIpc) is 3.43. The molecule has 5 aliphatic rings. The number of urea groups is 1. The number of nitrogens with one attached hydrogen (secondary N) is 2. The van der Waals surface area contributed by atoms with Gasteiger partial charge in [0.2, 0.25) is 0 Å². The van der Waals surface area contributed by atoms with Crippen molar-refractivity contribution >= 4 is 11.8 Å². The van der Waals surface area contributed by atoms with E-state index in [0.29, 0.717) is 18.2 Å². The van der Waals surface area contributed by atoms with Gasteiger partial charge in [0, 0.05) is 29.0 Å². The molecule has 0 spiro atoms. The lowest BCUT2D eigenvalue weighted by atomic mass is 9.55. The van der Waals surface area contributed by atoms with Gasteiger partial charge in [-0.15, -0.1) is 0 Å². The molecule has 4 aliphatic carbocycles. The van der Waals surface area contributed by atoms with E-state index in [4.69, 9.17) is 0 Å². The number of hydrogen-bond acceptors (Lipinski definition) is 3. The van der Waals surface area contributed by atoms with Gasteiger partial charge >= 0.3 is 6.03 Å². The maximum Gasteiger partial charge on any atom is 0.315 e. The summed E-state index contributed by atoms with van der Waals surface area (Å²) >= 11 is 0. The maximum atomic E-state index is 13.7. The molecule has 0 saturated heterocycles. The lowest BCUT2D eigenvalue weighted by molar-refractivity contribution is -0.136. The molecule has 174 valence electrons. The predicted octanol–water partition coefficient (Wildman–Crippen LogP) is 5.14. The van der Waals surface area contributed by atoms with Gasteiger partial charge in [-0.1, -0.05) is 43.5 Å². The topological polar surface area (TPSA) is 76.0 Å². The highest BCUT2D eigenvalue weighted by Gasteiger charge is 2.53. The third-order valence-corrected chi connectivity index (χ3v) is 9.13. The van der Waals surface area contributed by atoms with Crippen molar-refractivity contribution in [3.8, 4) is 11.3 Å². The average molecular weight is 447 g/mol. The summed E-state index contributed by atoms with van der Waals surface area (Å²) in [6, 6.07) is 8.77. The third kappa shape index (κ3) is 3.58. The minimum Gasteiger partial charge on any atom is -0.335 e. The second kappa shape index (κ2) is 8.00. The number of imidazole rings is 1. The quantitative estimate of drug-likeness (QED) is 0.668. The van der Waals surface area contributed by atoms with Gasteiger partial charge in [-0.2, -0.15) is 0 Å². The van der Waals surface area contributed by atoms with E-state index in [1.54, 1.807) is 0 Å². The first-order valence-electron chi connectivity index (χ1n) is 12.8. The van der Waals surface area contributed by atoms with Crippen LogP contribution in [0.1, 0.15) is 88.7 Å². The number of aromatic nitrogens is 2. The molecule has 33 heavy (non-hydrogen) atoms. The fourth-order valence-corrected chi connectivity index (χ4v) is 7.03. The molecule has 1 aromatic heterocycles. The summed E-state index contributed by atoms with van der Waals surface area (Å²) in [5.74, 6) is 0.392. The van der Waals surface area contributed by atoms with Gasteiger partial charge in [0.1, 0.15) is 5.78 Å². The van der Waals surface area contributed by atoms with E-state index in [0.717, 1.165) is 57.1 Å². The van der Waals surface area contributed by atoms with E-state index >= 15 is 0 Å². The number of fused-ring (bicyclic) bond motifs is 6. The number of carbonyl (C=O) groups excluding carboxylic acids is 2.